The average molecular weight is 108 g/mol. The Hall–Kier alpha value is -1.43. The summed E-state index contributed by atoms with van der Waals surface area (Å²) in [5.74, 6) is 0.285. The number of nitrogens with one attached hydrogen (secondary N) is 1. The van der Waals surface area contributed by atoms with Gasteiger partial charge in [-0.15, -0.1) is 0 Å². The Balaban J connectivity index is 2.67. The highest BCUT2D eigenvalue weighted by molar-refractivity contribution is 5.20. The second-order valence-electron chi connectivity index (χ2n) is 1.22. The topological polar surface area (TPSA) is 45.0 Å². The Morgan fingerprint density at radius 3 is 3.00 bits per heavy atom. The van der Waals surface area contributed by atoms with Crippen molar-refractivity contribution in [3.05, 3.63) is 24.1 Å². The van der Waals surface area contributed by atoms with Crippen molar-refractivity contribution < 1.29 is 4.84 Å². The number of rotatable bonds is 0. The third-order valence-electron chi connectivity index (χ3n) is 0.691. The van der Waals surface area contributed by atoms with Gasteiger partial charge in [0.2, 0.25) is 5.76 Å². The van der Waals surface area contributed by atoms with Crippen LogP contribution in [0.3, 0.4) is 0 Å². The van der Waals surface area contributed by atoms with E-state index in [0.29, 0.717) is 0 Å². The van der Waals surface area contributed by atoms with Crippen LogP contribution in [0.1, 0.15) is 0 Å². The molecule has 0 saturated carbocycles. The van der Waals surface area contributed by atoms with Gasteiger partial charge >= 0.3 is 0 Å². The Morgan fingerprint density at radius 1 is 1.75 bits per heavy atom. The molecule has 0 unspecified atom stereocenters. The van der Waals surface area contributed by atoms with Crippen LogP contribution >= 0.6 is 0 Å². The lowest BCUT2D eigenvalue weighted by atomic mass is 10.4. The van der Waals surface area contributed by atoms with Gasteiger partial charge in [-0.25, -0.2) is 5.48 Å². The molecule has 0 radical (unpaired) electrons. The van der Waals surface area contributed by atoms with Gasteiger partial charge in [0, 0.05) is 6.20 Å². The smallest absolute Gasteiger partial charge is 0.231 e. The van der Waals surface area contributed by atoms with Crippen molar-refractivity contribution in [3.8, 4) is 6.07 Å². The first kappa shape index (κ1) is 4.72. The van der Waals surface area contributed by atoms with Crippen LogP contribution in [0.15, 0.2) is 24.1 Å². The standard InChI is InChI=1S/C5H4N2O/c6-4-5-2-1-3-7-8-5/h1-3,7H. The lowest BCUT2D eigenvalue weighted by molar-refractivity contribution is 0.151. The molecule has 3 nitrogen and oxygen atoms in total. The minimum atomic E-state index is 0.285. The molecule has 8 heavy (non-hydrogen) atoms. The van der Waals surface area contributed by atoms with Crippen molar-refractivity contribution in [1.29, 1.82) is 5.26 Å². The van der Waals surface area contributed by atoms with E-state index in [1.807, 2.05) is 6.07 Å². The molecule has 0 aliphatic carbocycles. The number of hydrogen-bond donors (Lipinski definition) is 1. The molecule has 0 aromatic rings. The average Bonchev–Trinajstić information content (AvgIpc) is 1.90. The van der Waals surface area contributed by atoms with Gasteiger partial charge < -0.3 is 4.84 Å². The monoisotopic (exact) mass is 108 g/mol. The fourth-order valence-corrected chi connectivity index (χ4v) is 0.366. The summed E-state index contributed by atoms with van der Waals surface area (Å²) in [6.45, 7) is 0. The van der Waals surface area contributed by atoms with E-state index in [-0.39, 0.29) is 5.76 Å². The van der Waals surface area contributed by atoms with Crippen molar-refractivity contribution in [1.82, 2.24) is 5.48 Å². The van der Waals surface area contributed by atoms with Gasteiger partial charge in [0.25, 0.3) is 0 Å². The lowest BCUT2D eigenvalue weighted by Crippen LogP contribution is -2.07. The summed E-state index contributed by atoms with van der Waals surface area (Å²) in [7, 11) is 0. The number of hydrogen-bond acceptors (Lipinski definition) is 3. The maximum Gasteiger partial charge on any atom is 0.231 e. The van der Waals surface area contributed by atoms with Crippen LogP contribution in [0.25, 0.3) is 0 Å². The van der Waals surface area contributed by atoms with Crippen LogP contribution in [-0.2, 0) is 4.84 Å². The predicted octanol–water partition coefficient (Wildman–Crippen LogP) is 0.442. The summed E-state index contributed by atoms with van der Waals surface area (Å²) in [6, 6.07) is 1.83. The summed E-state index contributed by atoms with van der Waals surface area (Å²) < 4.78 is 0. The first-order chi connectivity index (χ1) is 3.93. The molecule has 1 N–H and O–H groups in total. The number of nitrogens with zero attached hydrogens (tertiary/aromatic N) is 1. The van der Waals surface area contributed by atoms with E-state index in [1.54, 1.807) is 18.4 Å². The Kier molecular flexibility index (Phi) is 1.20. The normalized spacial score (nSPS) is 15.1. The van der Waals surface area contributed by atoms with E-state index in [2.05, 4.69) is 10.3 Å². The van der Waals surface area contributed by atoms with Gasteiger partial charge in [0.1, 0.15) is 6.07 Å². The van der Waals surface area contributed by atoms with Crippen LogP contribution in [-0.4, -0.2) is 0 Å². The van der Waals surface area contributed by atoms with Gasteiger partial charge in [-0.1, -0.05) is 0 Å². The third-order valence-corrected chi connectivity index (χ3v) is 0.691. The summed E-state index contributed by atoms with van der Waals surface area (Å²) in [5, 5.41) is 8.17. The minimum Gasteiger partial charge on any atom is -0.371 e. The van der Waals surface area contributed by atoms with Gasteiger partial charge in [-0.3, -0.25) is 0 Å². The Labute approximate surface area is 46.8 Å². The summed E-state index contributed by atoms with van der Waals surface area (Å²) in [5.41, 5.74) is 2.41. The Morgan fingerprint density at radius 2 is 2.62 bits per heavy atom. The van der Waals surface area contributed by atoms with E-state index < -0.39 is 0 Å². The maximum atomic E-state index is 8.17. The van der Waals surface area contributed by atoms with Crippen LogP contribution in [0.4, 0.5) is 0 Å². The fourth-order valence-electron chi connectivity index (χ4n) is 0.366. The molecule has 1 aliphatic rings. The van der Waals surface area contributed by atoms with E-state index in [0.717, 1.165) is 0 Å². The van der Waals surface area contributed by atoms with E-state index >= 15 is 0 Å². The van der Waals surface area contributed by atoms with Crippen molar-refractivity contribution >= 4 is 0 Å². The highest BCUT2D eigenvalue weighted by Crippen LogP contribution is 1.95. The molecule has 0 aromatic heterocycles. The van der Waals surface area contributed by atoms with E-state index in [9.17, 15) is 0 Å². The molecule has 0 bridgehead atoms. The quantitative estimate of drug-likeness (QED) is 0.489. The zero-order chi connectivity index (χ0) is 5.82. The molecule has 0 saturated heterocycles. The zero-order valence-corrected chi connectivity index (χ0v) is 4.09. The minimum absolute atomic E-state index is 0.285. The highest BCUT2D eigenvalue weighted by Gasteiger charge is 1.93. The Bertz CT molecular complexity index is 175. The lowest BCUT2D eigenvalue weighted by Gasteiger charge is -2.02. The van der Waals surface area contributed by atoms with Crippen LogP contribution in [0, 0.1) is 11.3 Å². The van der Waals surface area contributed by atoms with E-state index in [4.69, 9.17) is 5.26 Å². The van der Waals surface area contributed by atoms with Crippen molar-refractivity contribution in [2.24, 2.45) is 0 Å². The summed E-state index contributed by atoms with van der Waals surface area (Å²) in [6.07, 6.45) is 4.87. The molecule has 0 spiro atoms. The summed E-state index contributed by atoms with van der Waals surface area (Å²) >= 11 is 0. The molecule has 3 heteroatoms. The molecule has 1 heterocycles. The van der Waals surface area contributed by atoms with Crippen LogP contribution in [0.2, 0.25) is 0 Å². The predicted molar refractivity (Wildman–Crippen MR) is 27.1 cm³/mol. The van der Waals surface area contributed by atoms with Crippen LogP contribution in [0.5, 0.6) is 0 Å². The first-order valence-corrected chi connectivity index (χ1v) is 2.13. The van der Waals surface area contributed by atoms with Crippen molar-refractivity contribution in [2.45, 2.75) is 0 Å². The number of nitriles is 1. The third kappa shape index (κ3) is 0.793. The molecule has 0 aromatic carbocycles. The highest BCUT2D eigenvalue weighted by atomic mass is 16.6. The second-order valence-corrected chi connectivity index (χ2v) is 1.22. The van der Waals surface area contributed by atoms with Crippen molar-refractivity contribution in [3.63, 3.8) is 0 Å². The first-order valence-electron chi connectivity index (χ1n) is 2.13. The fraction of sp³-hybridized carbons (Fsp3) is 0. The molecular formula is C5H4N2O. The SMILES string of the molecule is N#CC1=CC=CNO1. The number of hydroxylamine groups is 1. The maximum absolute atomic E-state index is 8.17. The molecule has 0 fully saturated rings. The molecule has 0 amide bonds. The van der Waals surface area contributed by atoms with Gasteiger partial charge in [0.05, 0.1) is 0 Å². The van der Waals surface area contributed by atoms with Gasteiger partial charge in [-0.2, -0.15) is 5.26 Å². The van der Waals surface area contributed by atoms with E-state index in [1.165, 1.54) is 0 Å². The molecule has 1 aliphatic heterocycles. The molecule has 40 valence electrons. The van der Waals surface area contributed by atoms with Gasteiger partial charge in [-0.05, 0) is 12.2 Å². The zero-order valence-electron chi connectivity index (χ0n) is 4.09. The number of allylic oxidation sites excluding steroid dienone is 3. The summed E-state index contributed by atoms with van der Waals surface area (Å²) in [4.78, 5) is 4.59. The largest absolute Gasteiger partial charge is 0.371 e. The molecule has 1 rings (SSSR count). The van der Waals surface area contributed by atoms with Gasteiger partial charge in [0.15, 0.2) is 0 Å². The second kappa shape index (κ2) is 2.03. The molecular weight excluding hydrogens is 104 g/mol. The molecule has 0 atom stereocenters. The van der Waals surface area contributed by atoms with Crippen molar-refractivity contribution in [2.75, 3.05) is 0 Å². The van der Waals surface area contributed by atoms with Crippen LogP contribution < -0.4 is 5.48 Å².